The molecule has 142 valence electrons. The van der Waals surface area contributed by atoms with E-state index in [1.165, 1.54) is 12.8 Å². The minimum Gasteiger partial charge on any atom is -0.383 e. The minimum absolute atomic E-state index is 0.0584. The molecule has 26 heavy (non-hydrogen) atoms. The molecule has 0 aliphatic carbocycles. The number of fused-ring (bicyclic) bond motifs is 1. The molecule has 0 spiro atoms. The van der Waals surface area contributed by atoms with E-state index in [9.17, 15) is 9.59 Å². The van der Waals surface area contributed by atoms with Gasteiger partial charge in [0.15, 0.2) is 0 Å². The maximum Gasteiger partial charge on any atom is 0.321 e. The molecule has 2 aliphatic rings. The number of amides is 3. The van der Waals surface area contributed by atoms with Gasteiger partial charge in [-0.05, 0) is 50.1 Å². The van der Waals surface area contributed by atoms with Gasteiger partial charge in [0.1, 0.15) is 0 Å². The van der Waals surface area contributed by atoms with Crippen LogP contribution >= 0.6 is 0 Å². The lowest BCUT2D eigenvalue weighted by Gasteiger charge is -2.37. The van der Waals surface area contributed by atoms with E-state index in [4.69, 9.17) is 4.74 Å². The highest BCUT2D eigenvalue weighted by atomic mass is 16.5. The zero-order valence-corrected chi connectivity index (χ0v) is 15.6. The van der Waals surface area contributed by atoms with E-state index in [0.29, 0.717) is 24.8 Å². The van der Waals surface area contributed by atoms with Crippen LogP contribution in [0.25, 0.3) is 0 Å². The molecule has 1 aromatic carbocycles. The number of carbonyl (C=O) groups excluding carboxylic acids is 2. The number of urea groups is 1. The molecular weight excluding hydrogens is 332 g/mol. The molecule has 7 heteroatoms. The van der Waals surface area contributed by atoms with Crippen LogP contribution in [0.1, 0.15) is 28.8 Å². The number of anilines is 1. The van der Waals surface area contributed by atoms with E-state index in [-0.39, 0.29) is 11.9 Å². The average Bonchev–Trinajstić information content (AvgIpc) is 3.11. The van der Waals surface area contributed by atoms with Gasteiger partial charge in [-0.3, -0.25) is 9.69 Å². The zero-order valence-electron chi connectivity index (χ0n) is 15.6. The molecule has 2 fully saturated rings. The van der Waals surface area contributed by atoms with Gasteiger partial charge < -0.3 is 20.3 Å². The third kappa shape index (κ3) is 4.34. The summed E-state index contributed by atoms with van der Waals surface area (Å²) in [6, 6.07) is 5.78. The Balaban J connectivity index is 1.57. The van der Waals surface area contributed by atoms with Crippen molar-refractivity contribution in [2.45, 2.75) is 25.8 Å². The molecule has 2 aliphatic heterocycles. The normalized spacial score (nSPS) is 19.9. The number of rotatable bonds is 5. The number of piperazine rings is 1. The quantitative estimate of drug-likeness (QED) is 0.784. The number of benzene rings is 1. The summed E-state index contributed by atoms with van der Waals surface area (Å²) in [6.07, 6.45) is 2.41. The number of hydrogen-bond donors (Lipinski definition) is 2. The molecule has 0 radical (unpaired) electrons. The Morgan fingerprint density at radius 1 is 1.27 bits per heavy atom. The van der Waals surface area contributed by atoms with Gasteiger partial charge in [0.2, 0.25) is 0 Å². The highest BCUT2D eigenvalue weighted by Crippen LogP contribution is 2.23. The molecule has 0 saturated carbocycles. The van der Waals surface area contributed by atoms with E-state index >= 15 is 0 Å². The first kappa shape index (κ1) is 18.7. The van der Waals surface area contributed by atoms with Crippen molar-refractivity contribution in [3.8, 4) is 0 Å². The molecule has 3 rings (SSSR count). The van der Waals surface area contributed by atoms with Gasteiger partial charge in [0, 0.05) is 50.6 Å². The van der Waals surface area contributed by atoms with Gasteiger partial charge in [-0.2, -0.15) is 0 Å². The van der Waals surface area contributed by atoms with Crippen LogP contribution in [0, 0.1) is 6.92 Å². The van der Waals surface area contributed by atoms with Crippen molar-refractivity contribution in [3.63, 3.8) is 0 Å². The third-order valence-electron chi connectivity index (χ3n) is 5.20. The largest absolute Gasteiger partial charge is 0.383 e. The standard InChI is InChI=1S/C19H28N4O3/c1-14-12-15(18(24)20-7-11-26-2)5-6-17(14)21-19(25)23-10-9-22-8-3-4-16(22)13-23/h5-6,12,16H,3-4,7-11,13H2,1-2H3,(H,20,24)(H,21,25). The highest BCUT2D eigenvalue weighted by Gasteiger charge is 2.32. The van der Waals surface area contributed by atoms with Gasteiger partial charge in [0.25, 0.3) is 5.91 Å². The lowest BCUT2D eigenvalue weighted by molar-refractivity contribution is 0.0937. The van der Waals surface area contributed by atoms with Crippen LogP contribution in [0.2, 0.25) is 0 Å². The van der Waals surface area contributed by atoms with Gasteiger partial charge in [-0.25, -0.2) is 4.79 Å². The molecule has 1 atom stereocenters. The van der Waals surface area contributed by atoms with Crippen LogP contribution in [0.15, 0.2) is 18.2 Å². The van der Waals surface area contributed by atoms with Crippen LogP contribution in [0.5, 0.6) is 0 Å². The predicted octanol–water partition coefficient (Wildman–Crippen LogP) is 1.68. The summed E-state index contributed by atoms with van der Waals surface area (Å²) < 4.78 is 4.93. The molecule has 2 heterocycles. The molecule has 0 bridgehead atoms. The molecule has 1 aromatic rings. The second-order valence-electron chi connectivity index (χ2n) is 6.99. The number of carbonyl (C=O) groups is 2. The number of aryl methyl sites for hydroxylation is 1. The third-order valence-corrected chi connectivity index (χ3v) is 5.20. The van der Waals surface area contributed by atoms with Crippen LogP contribution in [0.3, 0.4) is 0 Å². The number of nitrogens with zero attached hydrogens (tertiary/aromatic N) is 2. The van der Waals surface area contributed by atoms with E-state index in [2.05, 4.69) is 15.5 Å². The Labute approximate surface area is 154 Å². The van der Waals surface area contributed by atoms with Crippen LogP contribution in [-0.2, 0) is 4.74 Å². The molecule has 2 saturated heterocycles. The highest BCUT2D eigenvalue weighted by molar-refractivity contribution is 5.96. The summed E-state index contributed by atoms with van der Waals surface area (Å²) in [5.74, 6) is -0.139. The Bertz CT molecular complexity index is 664. The van der Waals surface area contributed by atoms with Crippen molar-refractivity contribution in [2.75, 3.05) is 51.8 Å². The zero-order chi connectivity index (χ0) is 18.5. The summed E-state index contributed by atoms with van der Waals surface area (Å²) in [7, 11) is 1.60. The first-order valence-electron chi connectivity index (χ1n) is 9.26. The molecule has 7 nitrogen and oxygen atoms in total. The number of ether oxygens (including phenoxy) is 1. The fourth-order valence-corrected chi connectivity index (χ4v) is 3.68. The number of hydrogen-bond acceptors (Lipinski definition) is 4. The summed E-state index contributed by atoms with van der Waals surface area (Å²) in [5.41, 5.74) is 2.20. The Morgan fingerprint density at radius 3 is 2.88 bits per heavy atom. The Kier molecular flexibility index (Phi) is 6.11. The van der Waals surface area contributed by atoms with Crippen LogP contribution in [-0.4, -0.2) is 74.2 Å². The summed E-state index contributed by atoms with van der Waals surface area (Å²) in [4.78, 5) is 29.1. The Hall–Kier alpha value is -2.12. The van der Waals surface area contributed by atoms with Gasteiger partial charge in [-0.1, -0.05) is 0 Å². The van der Waals surface area contributed by atoms with Crippen molar-refractivity contribution in [3.05, 3.63) is 29.3 Å². The molecular formula is C19H28N4O3. The van der Waals surface area contributed by atoms with E-state index in [1.54, 1.807) is 25.3 Å². The first-order valence-corrected chi connectivity index (χ1v) is 9.26. The van der Waals surface area contributed by atoms with Gasteiger partial charge in [-0.15, -0.1) is 0 Å². The smallest absolute Gasteiger partial charge is 0.321 e. The van der Waals surface area contributed by atoms with Crippen molar-refractivity contribution in [2.24, 2.45) is 0 Å². The maximum absolute atomic E-state index is 12.6. The van der Waals surface area contributed by atoms with Gasteiger partial charge >= 0.3 is 6.03 Å². The maximum atomic E-state index is 12.6. The monoisotopic (exact) mass is 360 g/mol. The second-order valence-corrected chi connectivity index (χ2v) is 6.99. The lowest BCUT2D eigenvalue weighted by Crippen LogP contribution is -2.53. The topological polar surface area (TPSA) is 73.9 Å². The van der Waals surface area contributed by atoms with E-state index in [0.717, 1.165) is 37.4 Å². The number of methoxy groups -OCH3 is 1. The molecule has 1 unspecified atom stereocenters. The summed E-state index contributed by atoms with van der Waals surface area (Å²) in [6.45, 7) is 6.53. The first-order chi connectivity index (χ1) is 12.6. The van der Waals surface area contributed by atoms with Crippen molar-refractivity contribution in [1.29, 1.82) is 0 Å². The Morgan fingerprint density at radius 2 is 2.12 bits per heavy atom. The van der Waals surface area contributed by atoms with Crippen molar-refractivity contribution >= 4 is 17.6 Å². The van der Waals surface area contributed by atoms with Crippen molar-refractivity contribution in [1.82, 2.24) is 15.1 Å². The fourth-order valence-electron chi connectivity index (χ4n) is 3.68. The summed E-state index contributed by atoms with van der Waals surface area (Å²) >= 11 is 0. The van der Waals surface area contributed by atoms with Gasteiger partial charge in [0.05, 0.1) is 6.61 Å². The number of nitrogens with one attached hydrogen (secondary N) is 2. The fraction of sp³-hybridized carbons (Fsp3) is 0.579. The molecule has 3 amide bonds. The van der Waals surface area contributed by atoms with E-state index < -0.39 is 0 Å². The van der Waals surface area contributed by atoms with E-state index in [1.807, 2.05) is 11.8 Å². The average molecular weight is 360 g/mol. The SMILES string of the molecule is COCCNC(=O)c1ccc(NC(=O)N2CCN3CCCC3C2)c(C)c1. The predicted molar refractivity (Wildman–Crippen MR) is 101 cm³/mol. The molecule has 2 N–H and O–H groups in total. The van der Waals surface area contributed by atoms with Crippen LogP contribution in [0.4, 0.5) is 10.5 Å². The molecule has 0 aromatic heterocycles. The van der Waals surface area contributed by atoms with Crippen LogP contribution < -0.4 is 10.6 Å². The van der Waals surface area contributed by atoms with Crippen molar-refractivity contribution < 1.29 is 14.3 Å². The minimum atomic E-state index is -0.139. The summed E-state index contributed by atoms with van der Waals surface area (Å²) in [5, 5.41) is 5.79. The lowest BCUT2D eigenvalue weighted by atomic mass is 10.1. The second kappa shape index (κ2) is 8.51.